The Labute approximate surface area is 137 Å². The van der Waals surface area contributed by atoms with Gasteiger partial charge in [-0.1, -0.05) is 5.16 Å². The van der Waals surface area contributed by atoms with Crippen LogP contribution in [0.4, 0.5) is 0 Å². The fourth-order valence-corrected chi connectivity index (χ4v) is 2.73. The van der Waals surface area contributed by atoms with E-state index in [1.54, 1.807) is 13.2 Å². The number of ether oxygens (including phenoxy) is 1. The Morgan fingerprint density at radius 2 is 2.21 bits per heavy atom. The van der Waals surface area contributed by atoms with Crippen molar-refractivity contribution in [1.82, 2.24) is 10.5 Å². The van der Waals surface area contributed by atoms with Crippen LogP contribution in [-0.4, -0.2) is 47.0 Å². The second-order valence-corrected chi connectivity index (χ2v) is 5.41. The molecule has 2 aromatic rings. The number of aliphatic hydroxyl groups excluding tert-OH is 1. The van der Waals surface area contributed by atoms with Crippen LogP contribution in [0.5, 0.6) is 5.75 Å². The van der Waals surface area contributed by atoms with E-state index in [0.29, 0.717) is 24.2 Å². The minimum atomic E-state index is -1.38. The lowest BCUT2D eigenvalue weighted by molar-refractivity contribution is -0.140. The molecule has 24 heavy (non-hydrogen) atoms. The number of carboxylic acids is 1. The van der Waals surface area contributed by atoms with E-state index < -0.39 is 24.5 Å². The first-order chi connectivity index (χ1) is 11.5. The van der Waals surface area contributed by atoms with Gasteiger partial charge in [-0.3, -0.25) is 4.79 Å². The van der Waals surface area contributed by atoms with Crippen molar-refractivity contribution in [2.75, 3.05) is 13.7 Å². The molecule has 1 aromatic carbocycles. The number of hydrogen-bond acceptors (Lipinski definition) is 6. The lowest BCUT2D eigenvalue weighted by Gasteiger charge is -2.16. The summed E-state index contributed by atoms with van der Waals surface area (Å²) in [7, 11) is 1.59. The molecule has 1 aliphatic rings. The Hall–Kier alpha value is -2.87. The molecule has 0 unspecified atom stereocenters. The van der Waals surface area contributed by atoms with Crippen molar-refractivity contribution in [1.29, 1.82) is 0 Å². The lowest BCUT2D eigenvalue weighted by atomic mass is 9.89. The molecule has 1 aliphatic carbocycles. The Kier molecular flexibility index (Phi) is 4.22. The van der Waals surface area contributed by atoms with E-state index in [1.807, 2.05) is 12.1 Å². The molecule has 0 fully saturated rings. The summed E-state index contributed by atoms with van der Waals surface area (Å²) in [4.78, 5) is 23.2. The number of carbonyl (C=O) groups excluding carboxylic acids is 1. The summed E-state index contributed by atoms with van der Waals surface area (Å²) in [6, 6.07) is 4.16. The van der Waals surface area contributed by atoms with Gasteiger partial charge in [-0.05, 0) is 36.6 Å². The maximum atomic E-state index is 12.2. The third kappa shape index (κ3) is 2.71. The highest BCUT2D eigenvalue weighted by Crippen LogP contribution is 2.36. The maximum absolute atomic E-state index is 12.2. The van der Waals surface area contributed by atoms with Gasteiger partial charge >= 0.3 is 5.97 Å². The maximum Gasteiger partial charge on any atom is 0.328 e. The second kappa shape index (κ2) is 6.32. The van der Waals surface area contributed by atoms with Crippen LogP contribution in [-0.2, 0) is 17.6 Å². The van der Waals surface area contributed by atoms with E-state index in [4.69, 9.17) is 19.5 Å². The summed E-state index contributed by atoms with van der Waals surface area (Å²) in [5, 5.41) is 23.9. The number of nitrogens with zero attached hydrogens (tertiary/aromatic N) is 1. The quantitative estimate of drug-likeness (QED) is 0.734. The van der Waals surface area contributed by atoms with Gasteiger partial charge in [-0.15, -0.1) is 0 Å². The van der Waals surface area contributed by atoms with Gasteiger partial charge < -0.3 is 24.8 Å². The molecule has 0 saturated carbocycles. The minimum Gasteiger partial charge on any atom is -0.497 e. The average Bonchev–Trinajstić information content (AvgIpc) is 3.03. The van der Waals surface area contributed by atoms with Crippen LogP contribution in [0.15, 0.2) is 22.7 Å². The van der Waals surface area contributed by atoms with E-state index in [-0.39, 0.29) is 5.69 Å². The van der Waals surface area contributed by atoms with E-state index >= 15 is 0 Å². The Morgan fingerprint density at radius 1 is 1.42 bits per heavy atom. The van der Waals surface area contributed by atoms with E-state index in [2.05, 4.69) is 10.5 Å². The van der Waals surface area contributed by atoms with Crippen molar-refractivity contribution >= 4 is 11.9 Å². The van der Waals surface area contributed by atoms with E-state index in [0.717, 1.165) is 16.9 Å². The normalized spacial score (nSPS) is 13.6. The molecule has 1 aromatic heterocycles. The third-order valence-corrected chi connectivity index (χ3v) is 3.99. The molecule has 1 atom stereocenters. The van der Waals surface area contributed by atoms with Crippen molar-refractivity contribution in [2.24, 2.45) is 0 Å². The Bertz CT molecular complexity index is 798. The molecular formula is C16H16N2O6. The van der Waals surface area contributed by atoms with Crippen LogP contribution in [0.25, 0.3) is 11.3 Å². The SMILES string of the molecule is COc1ccc2c(c1)CCc1c(C(=O)N[C@@H](CO)C(=O)O)noc1-2. The van der Waals surface area contributed by atoms with E-state index in [9.17, 15) is 9.59 Å². The number of aliphatic carboxylic acids is 1. The summed E-state index contributed by atoms with van der Waals surface area (Å²) >= 11 is 0. The fourth-order valence-electron chi connectivity index (χ4n) is 2.73. The van der Waals surface area contributed by atoms with Gasteiger partial charge in [0, 0.05) is 11.1 Å². The molecule has 8 nitrogen and oxygen atoms in total. The van der Waals surface area contributed by atoms with Crippen LogP contribution in [0.3, 0.4) is 0 Å². The number of benzene rings is 1. The number of amides is 1. The zero-order valence-corrected chi connectivity index (χ0v) is 12.9. The molecule has 1 amide bonds. The van der Waals surface area contributed by atoms with Gasteiger partial charge in [0.1, 0.15) is 5.75 Å². The number of carboxylic acid groups (broad SMARTS) is 1. The fraction of sp³-hybridized carbons (Fsp3) is 0.312. The number of aromatic nitrogens is 1. The van der Waals surface area contributed by atoms with Crippen molar-refractivity contribution in [3.63, 3.8) is 0 Å². The number of aryl methyl sites for hydroxylation is 1. The van der Waals surface area contributed by atoms with Crippen molar-refractivity contribution in [3.05, 3.63) is 35.0 Å². The van der Waals surface area contributed by atoms with Gasteiger partial charge in [0.05, 0.1) is 13.7 Å². The second-order valence-electron chi connectivity index (χ2n) is 5.41. The first kappa shape index (κ1) is 16.0. The Morgan fingerprint density at radius 3 is 2.88 bits per heavy atom. The van der Waals surface area contributed by atoms with Crippen molar-refractivity contribution < 1.29 is 29.1 Å². The van der Waals surface area contributed by atoms with Crippen molar-refractivity contribution in [2.45, 2.75) is 18.9 Å². The predicted octanol–water partition coefficient (Wildman–Crippen LogP) is 0.624. The first-order valence-electron chi connectivity index (χ1n) is 7.35. The smallest absolute Gasteiger partial charge is 0.328 e. The number of nitrogens with one attached hydrogen (secondary N) is 1. The van der Waals surface area contributed by atoms with E-state index in [1.165, 1.54) is 0 Å². The van der Waals surface area contributed by atoms with Crippen LogP contribution >= 0.6 is 0 Å². The Balaban J connectivity index is 1.91. The number of methoxy groups -OCH3 is 1. The lowest BCUT2D eigenvalue weighted by Crippen LogP contribution is -2.43. The number of aliphatic hydroxyl groups is 1. The molecule has 126 valence electrons. The predicted molar refractivity (Wildman–Crippen MR) is 81.9 cm³/mol. The summed E-state index contributed by atoms with van der Waals surface area (Å²) < 4.78 is 10.5. The van der Waals surface area contributed by atoms with Gasteiger partial charge in [0.15, 0.2) is 17.5 Å². The largest absolute Gasteiger partial charge is 0.497 e. The molecule has 0 bridgehead atoms. The topological polar surface area (TPSA) is 122 Å². The molecule has 1 heterocycles. The highest BCUT2D eigenvalue weighted by atomic mass is 16.5. The summed E-state index contributed by atoms with van der Waals surface area (Å²) in [5.74, 6) is -0.763. The monoisotopic (exact) mass is 332 g/mol. The minimum absolute atomic E-state index is 0.0474. The highest BCUT2D eigenvalue weighted by Gasteiger charge is 2.29. The molecule has 3 rings (SSSR count). The zero-order valence-electron chi connectivity index (χ0n) is 12.9. The van der Waals surface area contributed by atoms with Crippen LogP contribution in [0.1, 0.15) is 21.6 Å². The number of carbonyl (C=O) groups is 2. The number of hydrogen-bond donors (Lipinski definition) is 3. The third-order valence-electron chi connectivity index (χ3n) is 3.99. The summed E-state index contributed by atoms with van der Waals surface area (Å²) in [6.45, 7) is -0.705. The van der Waals surface area contributed by atoms with Gasteiger partial charge in [0.2, 0.25) is 0 Å². The van der Waals surface area contributed by atoms with Gasteiger partial charge in [-0.25, -0.2) is 4.79 Å². The van der Waals surface area contributed by atoms with Crippen molar-refractivity contribution in [3.8, 4) is 17.1 Å². The van der Waals surface area contributed by atoms with Gasteiger partial charge in [-0.2, -0.15) is 0 Å². The first-order valence-corrected chi connectivity index (χ1v) is 7.35. The molecular weight excluding hydrogens is 316 g/mol. The highest BCUT2D eigenvalue weighted by molar-refractivity contribution is 5.97. The average molecular weight is 332 g/mol. The molecule has 8 heteroatoms. The number of rotatable bonds is 5. The molecule has 0 spiro atoms. The number of fused-ring (bicyclic) bond motifs is 3. The van der Waals surface area contributed by atoms with Gasteiger partial charge in [0.25, 0.3) is 5.91 Å². The zero-order chi connectivity index (χ0) is 17.3. The summed E-state index contributed by atoms with van der Waals surface area (Å²) in [6.07, 6.45) is 1.22. The molecule has 3 N–H and O–H groups in total. The standard InChI is InChI=1S/C16H16N2O6/c1-23-9-3-5-10-8(6-9)2-4-11-13(18-24-14(10)11)15(20)17-12(7-19)16(21)22/h3,5-6,12,19H,2,4,7H2,1H3,(H,17,20)(H,21,22)/t12-/m0/s1. The molecule has 0 saturated heterocycles. The molecule has 0 radical (unpaired) electrons. The van der Waals surface area contributed by atoms with Crippen LogP contribution < -0.4 is 10.1 Å². The summed E-state index contributed by atoms with van der Waals surface area (Å²) in [5.41, 5.74) is 2.54. The van der Waals surface area contributed by atoms with Crippen LogP contribution in [0, 0.1) is 0 Å². The molecule has 0 aliphatic heterocycles. The van der Waals surface area contributed by atoms with Crippen LogP contribution in [0.2, 0.25) is 0 Å².